The molecule has 0 fully saturated rings. The predicted molar refractivity (Wildman–Crippen MR) is 104 cm³/mol. The van der Waals surface area contributed by atoms with Gasteiger partial charge in [-0.15, -0.1) is 0 Å². The molecule has 0 saturated carbocycles. The van der Waals surface area contributed by atoms with E-state index in [4.69, 9.17) is 4.74 Å². The molecule has 1 atom stereocenters. The second kappa shape index (κ2) is 8.04. The summed E-state index contributed by atoms with van der Waals surface area (Å²) in [4.78, 5) is 24.6. The zero-order valence-corrected chi connectivity index (χ0v) is 16.2. The molecule has 2 aromatic rings. The van der Waals surface area contributed by atoms with Crippen molar-refractivity contribution in [2.45, 2.75) is 40.7 Å². The van der Waals surface area contributed by atoms with Crippen molar-refractivity contribution in [3.05, 3.63) is 58.1 Å². The summed E-state index contributed by atoms with van der Waals surface area (Å²) in [5.41, 5.74) is 5.88. The molecule has 0 aliphatic heterocycles. The monoisotopic (exact) mass is 354 g/mol. The highest BCUT2D eigenvalue weighted by molar-refractivity contribution is 6.39. The molecule has 0 aromatic heterocycles. The lowest BCUT2D eigenvalue weighted by atomic mass is 9.96. The van der Waals surface area contributed by atoms with E-state index >= 15 is 0 Å². The molecule has 0 heterocycles. The predicted octanol–water partition coefficient (Wildman–Crippen LogP) is 3.74. The molecule has 2 rings (SSSR count). The zero-order valence-electron chi connectivity index (χ0n) is 16.2. The van der Waals surface area contributed by atoms with Gasteiger partial charge in [-0.2, -0.15) is 0 Å². The lowest BCUT2D eigenvalue weighted by Crippen LogP contribution is -2.37. The molecule has 0 radical (unpaired) electrons. The number of carbonyl (C=O) groups is 2. The summed E-state index contributed by atoms with van der Waals surface area (Å²) < 4.78 is 5.23. The normalized spacial score (nSPS) is 11.6. The van der Waals surface area contributed by atoms with Crippen LogP contribution in [0, 0.1) is 27.7 Å². The van der Waals surface area contributed by atoms with Gasteiger partial charge in [0.1, 0.15) is 5.75 Å². The topological polar surface area (TPSA) is 67.4 Å². The van der Waals surface area contributed by atoms with Crippen LogP contribution in [0.4, 0.5) is 5.69 Å². The molecule has 0 spiro atoms. The van der Waals surface area contributed by atoms with Crippen LogP contribution >= 0.6 is 0 Å². The Balaban J connectivity index is 2.11. The number of rotatable bonds is 4. The van der Waals surface area contributed by atoms with Gasteiger partial charge >= 0.3 is 11.8 Å². The molecule has 0 saturated heterocycles. The average Bonchev–Trinajstić information content (AvgIpc) is 2.58. The van der Waals surface area contributed by atoms with Crippen molar-refractivity contribution in [2.75, 3.05) is 12.4 Å². The van der Waals surface area contributed by atoms with Gasteiger partial charge in [0.15, 0.2) is 0 Å². The molecule has 0 aliphatic carbocycles. The second-order valence-corrected chi connectivity index (χ2v) is 6.65. The number of anilines is 1. The SMILES string of the molecule is COc1ccc(C)cc1NC(=O)C(=O)N[C@H](C)c1cc(C)c(C)cc1C. The minimum atomic E-state index is -0.720. The van der Waals surface area contributed by atoms with Gasteiger partial charge in [0.2, 0.25) is 0 Å². The minimum Gasteiger partial charge on any atom is -0.495 e. The summed E-state index contributed by atoms with van der Waals surface area (Å²) in [5.74, 6) is -0.893. The van der Waals surface area contributed by atoms with E-state index in [1.165, 1.54) is 12.7 Å². The maximum Gasteiger partial charge on any atom is 0.313 e. The van der Waals surface area contributed by atoms with Crippen LogP contribution < -0.4 is 15.4 Å². The Morgan fingerprint density at radius 1 is 0.923 bits per heavy atom. The van der Waals surface area contributed by atoms with Crippen LogP contribution in [0.2, 0.25) is 0 Å². The highest BCUT2D eigenvalue weighted by atomic mass is 16.5. The first kappa shape index (κ1) is 19.5. The van der Waals surface area contributed by atoms with Crippen molar-refractivity contribution in [3.8, 4) is 5.75 Å². The molecular weight excluding hydrogens is 328 g/mol. The Kier molecular flexibility index (Phi) is 6.03. The first-order valence-corrected chi connectivity index (χ1v) is 8.57. The molecule has 2 aromatic carbocycles. The van der Waals surface area contributed by atoms with Gasteiger partial charge in [-0.05, 0) is 74.6 Å². The number of ether oxygens (including phenoxy) is 1. The number of hydrogen-bond acceptors (Lipinski definition) is 3. The van der Waals surface area contributed by atoms with Crippen molar-refractivity contribution in [1.29, 1.82) is 0 Å². The van der Waals surface area contributed by atoms with Gasteiger partial charge in [-0.25, -0.2) is 0 Å². The largest absolute Gasteiger partial charge is 0.495 e. The summed E-state index contributed by atoms with van der Waals surface area (Å²) >= 11 is 0. The van der Waals surface area contributed by atoms with Crippen LogP contribution in [0.15, 0.2) is 30.3 Å². The van der Waals surface area contributed by atoms with Gasteiger partial charge in [-0.1, -0.05) is 18.2 Å². The fraction of sp³-hybridized carbons (Fsp3) is 0.333. The number of nitrogens with one attached hydrogen (secondary N) is 2. The van der Waals surface area contributed by atoms with Gasteiger partial charge in [0.05, 0.1) is 18.8 Å². The summed E-state index contributed by atoms with van der Waals surface area (Å²) in [6.07, 6.45) is 0. The summed E-state index contributed by atoms with van der Waals surface area (Å²) in [6.45, 7) is 9.86. The molecule has 0 bridgehead atoms. The van der Waals surface area contributed by atoms with Gasteiger partial charge in [0, 0.05) is 0 Å². The maximum absolute atomic E-state index is 12.3. The summed E-state index contributed by atoms with van der Waals surface area (Å²) in [7, 11) is 1.52. The Bertz CT molecular complexity index is 843. The standard InChI is InChI=1S/C21H26N2O3/c1-12-7-8-19(26-6)18(9-12)23-21(25)20(24)22-16(5)17-11-14(3)13(2)10-15(17)4/h7-11,16H,1-6H3,(H,22,24)(H,23,25)/t16-/m1/s1. The van der Waals surface area contributed by atoms with Crippen LogP contribution in [0.5, 0.6) is 5.75 Å². The number of carbonyl (C=O) groups excluding carboxylic acids is 2. The van der Waals surface area contributed by atoms with Crippen molar-refractivity contribution in [1.82, 2.24) is 5.32 Å². The van der Waals surface area contributed by atoms with Crippen molar-refractivity contribution in [3.63, 3.8) is 0 Å². The molecule has 138 valence electrons. The van der Waals surface area contributed by atoms with E-state index in [2.05, 4.69) is 29.7 Å². The number of benzene rings is 2. The smallest absolute Gasteiger partial charge is 0.313 e. The third-order valence-corrected chi connectivity index (χ3v) is 4.51. The molecule has 5 heteroatoms. The Morgan fingerprint density at radius 3 is 2.23 bits per heavy atom. The van der Waals surface area contributed by atoms with Crippen LogP contribution in [0.3, 0.4) is 0 Å². The Hall–Kier alpha value is -2.82. The van der Waals surface area contributed by atoms with Gasteiger partial charge in [0.25, 0.3) is 0 Å². The van der Waals surface area contributed by atoms with E-state index in [0.717, 1.165) is 22.3 Å². The summed E-state index contributed by atoms with van der Waals surface area (Å²) in [6, 6.07) is 9.26. The molecule has 26 heavy (non-hydrogen) atoms. The van der Waals surface area contributed by atoms with E-state index in [9.17, 15) is 9.59 Å². The Morgan fingerprint density at radius 2 is 1.58 bits per heavy atom. The van der Waals surface area contributed by atoms with E-state index in [1.54, 1.807) is 12.1 Å². The summed E-state index contributed by atoms with van der Waals surface area (Å²) in [5, 5.41) is 5.38. The lowest BCUT2D eigenvalue weighted by molar-refractivity contribution is -0.136. The Labute approximate surface area is 154 Å². The fourth-order valence-corrected chi connectivity index (χ4v) is 2.89. The first-order chi connectivity index (χ1) is 12.2. The first-order valence-electron chi connectivity index (χ1n) is 8.57. The van der Waals surface area contributed by atoms with Crippen molar-refractivity contribution >= 4 is 17.5 Å². The lowest BCUT2D eigenvalue weighted by Gasteiger charge is -2.18. The van der Waals surface area contributed by atoms with Crippen LogP contribution in [0.1, 0.15) is 40.8 Å². The van der Waals surface area contributed by atoms with E-state index in [0.29, 0.717) is 11.4 Å². The van der Waals surface area contributed by atoms with E-state index in [1.807, 2.05) is 33.8 Å². The third-order valence-electron chi connectivity index (χ3n) is 4.51. The molecule has 5 nitrogen and oxygen atoms in total. The highest BCUT2D eigenvalue weighted by Crippen LogP contribution is 2.25. The number of amides is 2. The molecule has 0 unspecified atom stereocenters. The second-order valence-electron chi connectivity index (χ2n) is 6.65. The quantitative estimate of drug-likeness (QED) is 0.822. The van der Waals surface area contributed by atoms with Gasteiger partial charge < -0.3 is 15.4 Å². The molecule has 0 aliphatic rings. The van der Waals surface area contributed by atoms with E-state index in [-0.39, 0.29) is 6.04 Å². The van der Waals surface area contributed by atoms with E-state index < -0.39 is 11.8 Å². The molecule has 2 amide bonds. The fourth-order valence-electron chi connectivity index (χ4n) is 2.89. The number of aryl methyl sites for hydroxylation is 4. The zero-order chi connectivity index (χ0) is 19.4. The average molecular weight is 354 g/mol. The molecule has 2 N–H and O–H groups in total. The van der Waals surface area contributed by atoms with Crippen molar-refractivity contribution < 1.29 is 14.3 Å². The van der Waals surface area contributed by atoms with Crippen LogP contribution in [-0.4, -0.2) is 18.9 Å². The highest BCUT2D eigenvalue weighted by Gasteiger charge is 2.20. The van der Waals surface area contributed by atoms with Crippen LogP contribution in [0.25, 0.3) is 0 Å². The van der Waals surface area contributed by atoms with Crippen LogP contribution in [-0.2, 0) is 9.59 Å². The van der Waals surface area contributed by atoms with Crippen molar-refractivity contribution in [2.24, 2.45) is 0 Å². The van der Waals surface area contributed by atoms with Gasteiger partial charge in [-0.3, -0.25) is 9.59 Å². The number of methoxy groups -OCH3 is 1. The number of hydrogen-bond donors (Lipinski definition) is 2. The molecular formula is C21H26N2O3. The maximum atomic E-state index is 12.3. The minimum absolute atomic E-state index is 0.271. The third kappa shape index (κ3) is 4.42.